The van der Waals surface area contributed by atoms with Crippen LogP contribution in [0.15, 0.2) is 112 Å². The maximum atomic E-state index is 14.5. The van der Waals surface area contributed by atoms with Crippen LogP contribution >= 0.6 is 0 Å². The van der Waals surface area contributed by atoms with Crippen LogP contribution in [0.2, 0.25) is 0 Å². The Bertz CT molecular complexity index is 5560. The Kier molecular flexibility index (Phi) is 45.0. The summed E-state index contributed by atoms with van der Waals surface area (Å²) in [5, 5.41) is 56.0. The Balaban J connectivity index is 0.0000144. The first-order chi connectivity index (χ1) is 63.5. The van der Waals surface area contributed by atoms with Crippen molar-refractivity contribution in [2.45, 2.75) is 200 Å². The van der Waals surface area contributed by atoms with Gasteiger partial charge in [0.25, 0.3) is 30.4 Å². The summed E-state index contributed by atoms with van der Waals surface area (Å²) in [6, 6.07) is 10.2. The summed E-state index contributed by atoms with van der Waals surface area (Å²) in [6.45, 7) is 9.81. The largest absolute Gasteiger partial charge is 0.481 e. The van der Waals surface area contributed by atoms with Crippen LogP contribution in [0.4, 0.5) is 11.4 Å². The van der Waals surface area contributed by atoms with Crippen molar-refractivity contribution >= 4 is 152 Å². The summed E-state index contributed by atoms with van der Waals surface area (Å²) in [4.78, 5) is 183. The Morgan fingerprint density at radius 1 is 0.606 bits per heavy atom. The van der Waals surface area contributed by atoms with Crippen molar-refractivity contribution < 1.29 is 166 Å². The van der Waals surface area contributed by atoms with Crippen molar-refractivity contribution in [2.24, 2.45) is 28.1 Å². The second-order valence-electron chi connectivity index (χ2n) is 35.5. The smallest absolute Gasteiger partial charge is 0.317 e. The van der Waals surface area contributed by atoms with Gasteiger partial charge in [-0.15, -0.1) is 0 Å². The minimum absolute atomic E-state index is 0. The minimum atomic E-state index is -4.56. The summed E-state index contributed by atoms with van der Waals surface area (Å²) in [5.74, 6) is -12.5. The van der Waals surface area contributed by atoms with Crippen LogP contribution < -0.4 is 54.0 Å². The second-order valence-corrected chi connectivity index (χ2v) is 40.1. The molecule has 42 nitrogen and oxygen atoms in total. The molecule has 137 heavy (non-hydrogen) atoms. The van der Waals surface area contributed by atoms with Crippen molar-refractivity contribution in [1.82, 2.24) is 51.5 Å². The molecule has 0 radical (unpaired) electrons. The summed E-state index contributed by atoms with van der Waals surface area (Å²) in [5.41, 5.74) is 20.3. The maximum absolute atomic E-state index is 14.5. The molecule has 2 fully saturated rings. The van der Waals surface area contributed by atoms with E-state index in [1.165, 1.54) is 31.2 Å². The molecule has 4 aliphatic heterocycles. The third kappa shape index (κ3) is 35.3. The van der Waals surface area contributed by atoms with Gasteiger partial charge in [-0.3, -0.25) is 106 Å². The second kappa shape index (κ2) is 53.4. The van der Waals surface area contributed by atoms with Crippen molar-refractivity contribution in [3.8, 4) is 0 Å². The normalized spacial score (nSPS) is 18.8. The molecule has 19 N–H and O–H groups in total. The molecular weight excluding hydrogens is 1990 g/mol. The third-order valence-electron chi connectivity index (χ3n) is 24.6. The van der Waals surface area contributed by atoms with Crippen LogP contribution in [-0.4, -0.2) is 319 Å². The number of benzene rings is 4. The van der Waals surface area contributed by atoms with E-state index >= 15 is 0 Å². The van der Waals surface area contributed by atoms with E-state index < -0.39 is 186 Å². The van der Waals surface area contributed by atoms with Gasteiger partial charge in [-0.1, -0.05) is 56.7 Å². The van der Waals surface area contributed by atoms with E-state index in [9.17, 15) is 122 Å². The summed E-state index contributed by atoms with van der Waals surface area (Å²) < 4.78 is 106. The van der Waals surface area contributed by atoms with Gasteiger partial charge in [-0.2, -0.15) is 29.8 Å². The number of guanidine groups is 1. The summed E-state index contributed by atoms with van der Waals surface area (Å²) in [6.07, 6.45) is 9.12. The van der Waals surface area contributed by atoms with Crippen LogP contribution in [0.25, 0.3) is 21.5 Å². The number of carboxylic acid groups (broad SMARTS) is 4. The van der Waals surface area contributed by atoms with Gasteiger partial charge in [-0.05, 0) is 155 Å². The topological polar surface area (TPSA) is 648 Å². The van der Waals surface area contributed by atoms with E-state index in [0.29, 0.717) is 42.0 Å². The molecule has 6 amide bonds. The number of primary amides is 1. The molecule has 0 aliphatic carbocycles. The number of nitrogens with zero attached hydrogens (tertiary/aromatic N) is 7. The number of Topliss-reactive ketones (excluding diaryl/α,β-unsaturated/α-hetero) is 3. The fourth-order valence-electron chi connectivity index (χ4n) is 17.4. The Morgan fingerprint density at radius 3 is 1.69 bits per heavy atom. The number of ketones is 3. The van der Waals surface area contributed by atoms with Crippen molar-refractivity contribution in [1.29, 1.82) is 0 Å². The van der Waals surface area contributed by atoms with E-state index in [4.69, 9.17) is 17.2 Å². The molecule has 6 atom stereocenters. The number of hydrogen-bond donors (Lipinski definition) is 16. The van der Waals surface area contributed by atoms with Crippen LogP contribution in [0.5, 0.6) is 0 Å². The van der Waals surface area contributed by atoms with E-state index in [0.717, 1.165) is 39.3 Å². The van der Waals surface area contributed by atoms with Gasteiger partial charge >= 0.3 is 23.9 Å². The Morgan fingerprint density at radius 2 is 1.15 bits per heavy atom. The molecule has 2 saturated heterocycles. The van der Waals surface area contributed by atoms with Crippen molar-refractivity contribution in [3.63, 3.8) is 0 Å². The zero-order valence-electron chi connectivity index (χ0n) is 77.9. The number of nitrogens with one attached hydrogen (secondary N) is 6. The molecule has 4 aromatic rings. The zero-order valence-corrected chi connectivity index (χ0v) is 82.6. The first-order valence-corrected chi connectivity index (χ1v) is 49.3. The molecule has 8 rings (SSSR count). The van der Waals surface area contributed by atoms with Crippen molar-refractivity contribution in [3.05, 3.63) is 115 Å². The number of carboxylic acids is 4. The van der Waals surface area contributed by atoms with Gasteiger partial charge in [0.2, 0.25) is 41.1 Å². The van der Waals surface area contributed by atoms with Gasteiger partial charge in [0.1, 0.15) is 18.4 Å². The molecule has 0 saturated carbocycles. The number of aliphatic carboxylic acids is 4. The van der Waals surface area contributed by atoms with Crippen LogP contribution in [0, 0.1) is 53.3 Å². The van der Waals surface area contributed by atoms with E-state index in [1.807, 2.05) is 69.0 Å². The average molecular weight is 2120 g/mol. The number of fused-ring (bicyclic) bond motifs is 6. The van der Waals surface area contributed by atoms with E-state index in [-0.39, 0.29) is 238 Å². The number of anilines is 1. The first-order valence-electron chi connectivity index (χ1n) is 44.9. The molecule has 0 bridgehead atoms. The number of hydrogen-bond acceptors (Lipinski definition) is 26. The molecule has 0 spiro atoms. The molecule has 46 heteroatoms. The minimum Gasteiger partial charge on any atom is -0.481 e. The number of amides is 6. The number of aliphatic imine (C=N–C) groups is 1. The number of carbonyl (C=O) groups excluding carboxylic acids is 9. The number of rotatable bonds is 48. The third-order valence-corrected chi connectivity index (χ3v) is 27.5. The maximum Gasteiger partial charge on any atom is 0.317 e. The van der Waals surface area contributed by atoms with Gasteiger partial charge in [0, 0.05) is 197 Å². The fraction of sp³-hybridized carbons (Fsp3) is 0.538. The molecule has 4 heterocycles. The van der Waals surface area contributed by atoms with E-state index in [1.54, 1.807) is 49.9 Å². The van der Waals surface area contributed by atoms with E-state index in [2.05, 4.69) is 41.5 Å². The molecular formula is C91H130GdN16O26S3. The molecule has 2 unspecified atom stereocenters. The van der Waals surface area contributed by atoms with Gasteiger partial charge in [-0.25, -0.2) is 0 Å². The summed E-state index contributed by atoms with van der Waals surface area (Å²) in [7, 11) is -13.5. The summed E-state index contributed by atoms with van der Waals surface area (Å²) >= 11 is 0. The predicted octanol–water partition coefficient (Wildman–Crippen LogP) is 2.71. The number of carbonyl (C=O) groups is 13. The SMILES string of the molecule is CC(CCN1C(=CC=CC=CC2=[N+](CCCCCC(=O)NCCCC[C@H](CC(=O)CCC(=O)C3CC(=O)[C@H](CC(=O)O)NC(=O)CNC(=O)[C@H](CCCN=C(N)N)N3)C(=O)N[C@@H](CCCCNC(=O)CN3CCN(CC(=O)O)CCN(CC(=O)O)CCN(CC(=O)O)CC3)C(N)=O)c3ccc4cc(S(=O)(=O)O)ccc4c3C2(C)C)C(C)(C)c2c1ccc1cc(S(=O)(=O)O)ccc21)S(=O)(=O)O.[CH3-].[Gd]. The molecule has 756 valence electrons. The number of allylic oxidation sites excluding steroid dienone is 6. The first kappa shape index (κ1) is 116. The number of nitrogens with two attached hydrogens (primary N) is 3. The fourth-order valence-corrected chi connectivity index (χ4v) is 18.8. The standard InChI is InChI=1S/C90H126N16O26S3.CH3.Gd/c1-57(133(124,125)126)33-38-106-71-31-24-59-49-63(135(130,131)132)27-29-65(59)84(71)90(4,5)75(106)21-9-6-8-20-74-89(2,3)83-64-28-26-62(134(127,128)129)48-58(64)23-30-70(83)105(74)37-15-7-10-22-76(110)94-34-13-11-17-60(47-61(107)25-32-72(108)68-50-73(109)69(51-79(113)114)99-77(111)52-97-87(123)67(98-68)19-16-36-96-88(92)93)86(122)100-66(85(91)121)18-12-14-35-95-78(112)53-101-39-41-102(54-80(115)116)43-45-104(56-82(119)120)46-44-103(42-40-101)55-81(117)118;;/h6,8-9,20-21,23-24,26-31,48-49,57,60,66-69,98H,7,10-19,22,25,32-47,50-56H2,1-5H3,(H17-,91,92,93,94,95,96,97,99,100,110,111,112,113,114,115,116,117,118,119,120,121,122,123,124,125,126,127,128,129,130,131,132);1H3;/q;-1;/p+1/t57?,60-,66+,67+,68?,69+;;/m1../s1. The zero-order chi connectivity index (χ0) is 99.5. The molecule has 4 aliphatic rings. The van der Waals surface area contributed by atoms with Crippen LogP contribution in [0.1, 0.15) is 161 Å². The average Bonchev–Trinajstić information content (AvgIpc) is 1.57. The quantitative estimate of drug-likeness (QED) is 0.00575. The van der Waals surface area contributed by atoms with Crippen LogP contribution in [-0.2, 0) is 104 Å². The predicted molar refractivity (Wildman–Crippen MR) is 506 cm³/mol. The molecule has 4 aromatic carbocycles. The Labute approximate surface area is 829 Å². The van der Waals surface area contributed by atoms with Gasteiger partial charge in [0.05, 0.1) is 77.7 Å². The van der Waals surface area contributed by atoms with Crippen molar-refractivity contribution in [2.75, 3.05) is 123 Å². The Hall–Kier alpha value is -10.1. The van der Waals surface area contributed by atoms with Crippen LogP contribution in [0.3, 0.4) is 0 Å². The van der Waals surface area contributed by atoms with Gasteiger partial charge in [0.15, 0.2) is 23.2 Å². The number of unbranched alkanes of at least 4 members (excludes halogenated alkanes) is 4. The monoisotopic (exact) mass is 2120 g/mol. The van der Waals surface area contributed by atoms with Gasteiger partial charge < -0.3 is 76.5 Å². The molecule has 0 aromatic heterocycles.